The van der Waals surface area contributed by atoms with Crippen LogP contribution in [-0.2, 0) is 4.74 Å². The number of rotatable bonds is 2. The topological polar surface area (TPSA) is 74.2 Å². The van der Waals surface area contributed by atoms with Crippen molar-refractivity contribution in [1.82, 2.24) is 10.1 Å². The first-order valence-corrected chi connectivity index (χ1v) is 5.69. The highest BCUT2D eigenvalue weighted by Crippen LogP contribution is 2.31. The van der Waals surface area contributed by atoms with E-state index < -0.39 is 0 Å². The predicted octanol–water partition coefficient (Wildman–Crippen LogP) is 1.97. The molecule has 0 radical (unpaired) electrons. The zero-order valence-electron chi connectivity index (χ0n) is 10.1. The molecule has 2 atom stereocenters. The summed E-state index contributed by atoms with van der Waals surface area (Å²) >= 11 is 0. The second kappa shape index (κ2) is 4.14. The minimum absolute atomic E-state index is 0.00957. The van der Waals surface area contributed by atoms with Crippen molar-refractivity contribution in [3.05, 3.63) is 11.7 Å². The van der Waals surface area contributed by atoms with Crippen molar-refractivity contribution in [3.8, 4) is 0 Å². The van der Waals surface area contributed by atoms with Crippen molar-refractivity contribution in [2.75, 3.05) is 6.61 Å². The minimum atomic E-state index is -0.241. The largest absolute Gasteiger partial charge is 0.370 e. The Morgan fingerprint density at radius 3 is 2.75 bits per heavy atom. The molecule has 1 aromatic heterocycles. The molecule has 1 saturated heterocycles. The average molecular weight is 225 g/mol. The number of hydrogen-bond acceptors (Lipinski definition) is 5. The second-order valence-electron chi connectivity index (χ2n) is 5.34. The molecule has 2 rings (SSSR count). The third kappa shape index (κ3) is 2.25. The molecule has 1 unspecified atom stereocenters. The smallest absolute Gasteiger partial charge is 0.244 e. The maximum absolute atomic E-state index is 6.05. The zero-order chi connectivity index (χ0) is 11.8. The Bertz CT molecular complexity index is 350. The summed E-state index contributed by atoms with van der Waals surface area (Å²) in [5, 5.41) is 3.94. The molecule has 16 heavy (non-hydrogen) atoms. The SMILES string of the molecule is CC(C)(C)[C@@H](N)c1nc(C2CCCO2)no1. The highest BCUT2D eigenvalue weighted by Gasteiger charge is 2.30. The Balaban J connectivity index is 2.12. The lowest BCUT2D eigenvalue weighted by atomic mass is 9.87. The number of hydrogen-bond donors (Lipinski definition) is 1. The fraction of sp³-hybridized carbons (Fsp3) is 0.818. The molecule has 0 saturated carbocycles. The van der Waals surface area contributed by atoms with Crippen LogP contribution in [0, 0.1) is 5.41 Å². The number of nitrogens with two attached hydrogens (primary N) is 1. The summed E-state index contributed by atoms with van der Waals surface area (Å²) in [5.74, 6) is 1.13. The first-order valence-electron chi connectivity index (χ1n) is 5.69. The van der Waals surface area contributed by atoms with Crippen LogP contribution in [0.25, 0.3) is 0 Å². The van der Waals surface area contributed by atoms with E-state index in [0.717, 1.165) is 19.4 Å². The average Bonchev–Trinajstić information content (AvgIpc) is 2.85. The van der Waals surface area contributed by atoms with Gasteiger partial charge in [-0.05, 0) is 18.3 Å². The van der Waals surface area contributed by atoms with Crippen molar-refractivity contribution in [3.63, 3.8) is 0 Å². The number of nitrogens with zero attached hydrogens (tertiary/aromatic N) is 2. The van der Waals surface area contributed by atoms with Crippen LogP contribution in [0.15, 0.2) is 4.52 Å². The van der Waals surface area contributed by atoms with Crippen LogP contribution in [0.3, 0.4) is 0 Å². The molecule has 1 fully saturated rings. The minimum Gasteiger partial charge on any atom is -0.370 e. The van der Waals surface area contributed by atoms with Crippen molar-refractivity contribution in [2.45, 2.75) is 45.8 Å². The molecule has 0 aromatic carbocycles. The Morgan fingerprint density at radius 1 is 1.44 bits per heavy atom. The van der Waals surface area contributed by atoms with Gasteiger partial charge in [-0.1, -0.05) is 25.9 Å². The predicted molar refractivity (Wildman–Crippen MR) is 58.6 cm³/mol. The summed E-state index contributed by atoms with van der Waals surface area (Å²) in [6.07, 6.45) is 2.01. The molecule has 5 heteroatoms. The Hall–Kier alpha value is -0.940. The van der Waals surface area contributed by atoms with Gasteiger partial charge in [-0.3, -0.25) is 0 Å². The molecule has 0 aliphatic carbocycles. The summed E-state index contributed by atoms with van der Waals surface area (Å²) in [5.41, 5.74) is 5.96. The lowest BCUT2D eigenvalue weighted by Crippen LogP contribution is -2.26. The van der Waals surface area contributed by atoms with Gasteiger partial charge < -0.3 is 15.0 Å². The summed E-state index contributed by atoms with van der Waals surface area (Å²) in [7, 11) is 0. The molecule has 0 amide bonds. The lowest BCUT2D eigenvalue weighted by molar-refractivity contribution is 0.103. The Morgan fingerprint density at radius 2 is 2.19 bits per heavy atom. The van der Waals surface area contributed by atoms with Gasteiger partial charge in [0.1, 0.15) is 6.10 Å². The van der Waals surface area contributed by atoms with Crippen molar-refractivity contribution in [2.24, 2.45) is 11.1 Å². The van der Waals surface area contributed by atoms with Crippen LogP contribution in [0.4, 0.5) is 0 Å². The van der Waals surface area contributed by atoms with Gasteiger partial charge >= 0.3 is 0 Å². The summed E-state index contributed by atoms with van der Waals surface area (Å²) in [6, 6.07) is -0.241. The lowest BCUT2D eigenvalue weighted by Gasteiger charge is -2.23. The van der Waals surface area contributed by atoms with Gasteiger partial charge in [0.25, 0.3) is 0 Å². The summed E-state index contributed by atoms with van der Waals surface area (Å²) < 4.78 is 10.7. The van der Waals surface area contributed by atoms with Gasteiger partial charge in [0.15, 0.2) is 0 Å². The highest BCUT2D eigenvalue weighted by molar-refractivity contribution is 4.99. The molecule has 0 bridgehead atoms. The van der Waals surface area contributed by atoms with Crippen molar-refractivity contribution in [1.29, 1.82) is 0 Å². The molecule has 1 aliphatic rings. The van der Waals surface area contributed by atoms with Crippen LogP contribution in [-0.4, -0.2) is 16.7 Å². The Kier molecular flexibility index (Phi) is 2.99. The van der Waals surface area contributed by atoms with E-state index in [-0.39, 0.29) is 17.6 Å². The number of aromatic nitrogens is 2. The third-order valence-electron chi connectivity index (χ3n) is 2.87. The molecule has 5 nitrogen and oxygen atoms in total. The molecule has 0 spiro atoms. The van der Waals surface area contributed by atoms with E-state index in [0.29, 0.717) is 11.7 Å². The highest BCUT2D eigenvalue weighted by atomic mass is 16.5. The van der Waals surface area contributed by atoms with Gasteiger partial charge in [-0.15, -0.1) is 0 Å². The monoisotopic (exact) mass is 225 g/mol. The van der Waals surface area contributed by atoms with Crippen LogP contribution in [0.5, 0.6) is 0 Å². The van der Waals surface area contributed by atoms with E-state index in [1.807, 2.05) is 20.8 Å². The standard InChI is InChI=1S/C11H19N3O2/c1-11(2,3)8(12)10-13-9(14-16-10)7-5-4-6-15-7/h7-8H,4-6,12H2,1-3H3/t7?,8-/m0/s1. The van der Waals surface area contributed by atoms with Gasteiger partial charge in [0, 0.05) is 6.61 Å². The van der Waals surface area contributed by atoms with E-state index in [9.17, 15) is 0 Å². The maximum atomic E-state index is 6.05. The molecule has 90 valence electrons. The fourth-order valence-corrected chi connectivity index (χ4v) is 1.66. The zero-order valence-corrected chi connectivity index (χ0v) is 10.1. The van der Waals surface area contributed by atoms with Gasteiger partial charge in [-0.25, -0.2) is 0 Å². The number of ether oxygens (including phenoxy) is 1. The molecule has 1 aromatic rings. The van der Waals surface area contributed by atoms with E-state index in [1.54, 1.807) is 0 Å². The van der Waals surface area contributed by atoms with E-state index in [1.165, 1.54) is 0 Å². The Labute approximate surface area is 95.3 Å². The van der Waals surface area contributed by atoms with E-state index in [4.69, 9.17) is 15.0 Å². The van der Waals surface area contributed by atoms with Gasteiger partial charge in [0.05, 0.1) is 6.04 Å². The van der Waals surface area contributed by atoms with Crippen LogP contribution in [0.1, 0.15) is 57.5 Å². The molecular weight excluding hydrogens is 206 g/mol. The van der Waals surface area contributed by atoms with Crippen molar-refractivity contribution < 1.29 is 9.26 Å². The van der Waals surface area contributed by atoms with Crippen LogP contribution >= 0.6 is 0 Å². The van der Waals surface area contributed by atoms with E-state index in [2.05, 4.69) is 10.1 Å². The second-order valence-corrected chi connectivity index (χ2v) is 5.34. The molecule has 2 heterocycles. The van der Waals surface area contributed by atoms with Gasteiger partial charge in [0.2, 0.25) is 11.7 Å². The summed E-state index contributed by atoms with van der Waals surface area (Å²) in [6.45, 7) is 6.93. The normalized spacial score (nSPS) is 23.6. The maximum Gasteiger partial charge on any atom is 0.244 e. The van der Waals surface area contributed by atoms with Crippen molar-refractivity contribution >= 4 is 0 Å². The molecule has 2 N–H and O–H groups in total. The van der Waals surface area contributed by atoms with Crippen LogP contribution in [0.2, 0.25) is 0 Å². The van der Waals surface area contributed by atoms with E-state index >= 15 is 0 Å². The quantitative estimate of drug-likeness (QED) is 0.832. The fourth-order valence-electron chi connectivity index (χ4n) is 1.66. The van der Waals surface area contributed by atoms with Gasteiger partial charge in [-0.2, -0.15) is 4.98 Å². The first kappa shape index (κ1) is 11.5. The van der Waals surface area contributed by atoms with Crippen LogP contribution < -0.4 is 5.73 Å². The molecular formula is C11H19N3O2. The molecule has 1 aliphatic heterocycles. The third-order valence-corrected chi connectivity index (χ3v) is 2.87. The first-order chi connectivity index (χ1) is 7.48. The summed E-state index contributed by atoms with van der Waals surface area (Å²) in [4.78, 5) is 4.33.